The molecule has 1 unspecified atom stereocenters. The van der Waals surface area contributed by atoms with Crippen molar-refractivity contribution in [1.82, 2.24) is 15.5 Å². The zero-order valence-electron chi connectivity index (χ0n) is 6.30. The molecule has 1 aromatic heterocycles. The van der Waals surface area contributed by atoms with Gasteiger partial charge in [-0.15, -0.1) is 0 Å². The van der Waals surface area contributed by atoms with E-state index in [1.165, 1.54) is 0 Å². The third kappa shape index (κ3) is 1.24. The van der Waals surface area contributed by atoms with E-state index in [1.807, 2.05) is 0 Å². The van der Waals surface area contributed by atoms with Crippen LogP contribution < -0.4 is 5.32 Å². The SMILES string of the molecule is O=C1CC(c2[nH]ncc2Br)CN1. The largest absolute Gasteiger partial charge is 0.355 e. The van der Waals surface area contributed by atoms with Gasteiger partial charge in [0.2, 0.25) is 5.91 Å². The second kappa shape index (κ2) is 2.90. The lowest BCUT2D eigenvalue weighted by molar-refractivity contribution is -0.119. The molecule has 0 bridgehead atoms. The molecule has 5 heteroatoms. The van der Waals surface area contributed by atoms with Crippen molar-refractivity contribution in [2.45, 2.75) is 12.3 Å². The molecule has 0 saturated carbocycles. The van der Waals surface area contributed by atoms with Gasteiger partial charge >= 0.3 is 0 Å². The van der Waals surface area contributed by atoms with Gasteiger partial charge in [-0.2, -0.15) is 5.10 Å². The van der Waals surface area contributed by atoms with Gasteiger partial charge in [-0.25, -0.2) is 0 Å². The second-order valence-corrected chi connectivity index (χ2v) is 3.69. The Balaban J connectivity index is 2.21. The highest BCUT2D eigenvalue weighted by Gasteiger charge is 2.25. The first-order chi connectivity index (χ1) is 5.77. The highest BCUT2D eigenvalue weighted by atomic mass is 79.9. The summed E-state index contributed by atoms with van der Waals surface area (Å²) in [5.41, 5.74) is 1.01. The smallest absolute Gasteiger partial charge is 0.220 e. The quantitative estimate of drug-likeness (QED) is 0.748. The summed E-state index contributed by atoms with van der Waals surface area (Å²) in [4.78, 5) is 10.9. The van der Waals surface area contributed by atoms with Gasteiger partial charge in [-0.3, -0.25) is 9.89 Å². The van der Waals surface area contributed by atoms with Crippen molar-refractivity contribution in [2.24, 2.45) is 0 Å². The Morgan fingerprint density at radius 1 is 1.67 bits per heavy atom. The Bertz CT molecular complexity index is 309. The third-order valence-electron chi connectivity index (χ3n) is 2.01. The topological polar surface area (TPSA) is 57.8 Å². The minimum atomic E-state index is 0.113. The number of aromatic amines is 1. The van der Waals surface area contributed by atoms with Gasteiger partial charge in [0.25, 0.3) is 0 Å². The fraction of sp³-hybridized carbons (Fsp3) is 0.429. The first kappa shape index (κ1) is 7.79. The molecule has 1 fully saturated rings. The summed E-state index contributed by atoms with van der Waals surface area (Å²) >= 11 is 3.36. The summed E-state index contributed by atoms with van der Waals surface area (Å²) in [6, 6.07) is 0. The molecule has 2 N–H and O–H groups in total. The van der Waals surface area contributed by atoms with E-state index in [0.29, 0.717) is 13.0 Å². The minimum absolute atomic E-state index is 0.113. The van der Waals surface area contributed by atoms with Crippen molar-refractivity contribution in [1.29, 1.82) is 0 Å². The van der Waals surface area contributed by atoms with Gasteiger partial charge < -0.3 is 5.32 Å². The molecule has 0 radical (unpaired) electrons. The molecular weight excluding hydrogens is 222 g/mol. The second-order valence-electron chi connectivity index (χ2n) is 2.84. The summed E-state index contributed by atoms with van der Waals surface area (Å²) < 4.78 is 0.948. The van der Waals surface area contributed by atoms with Gasteiger partial charge in [0.1, 0.15) is 0 Å². The van der Waals surface area contributed by atoms with Gasteiger partial charge in [-0.1, -0.05) is 0 Å². The number of nitrogens with one attached hydrogen (secondary N) is 2. The van der Waals surface area contributed by atoms with E-state index >= 15 is 0 Å². The number of H-pyrrole nitrogens is 1. The number of rotatable bonds is 1. The van der Waals surface area contributed by atoms with Crippen LogP contribution in [0.2, 0.25) is 0 Å². The maximum absolute atomic E-state index is 10.9. The van der Waals surface area contributed by atoms with E-state index in [0.717, 1.165) is 10.2 Å². The molecule has 1 atom stereocenters. The Labute approximate surface area is 77.9 Å². The lowest BCUT2D eigenvalue weighted by atomic mass is 10.1. The van der Waals surface area contributed by atoms with Crippen molar-refractivity contribution in [2.75, 3.05) is 6.54 Å². The molecule has 1 saturated heterocycles. The standard InChI is InChI=1S/C7H8BrN3O/c8-5-3-10-11-7(5)4-1-6(12)9-2-4/h3-4H,1-2H2,(H,9,12)(H,10,11). The van der Waals surface area contributed by atoms with Crippen LogP contribution in [0.4, 0.5) is 0 Å². The van der Waals surface area contributed by atoms with Crippen LogP contribution in [0, 0.1) is 0 Å². The van der Waals surface area contributed by atoms with Gasteiger partial charge in [-0.05, 0) is 15.9 Å². The van der Waals surface area contributed by atoms with E-state index in [9.17, 15) is 4.79 Å². The molecule has 0 aliphatic carbocycles. The minimum Gasteiger partial charge on any atom is -0.355 e. The Hall–Kier alpha value is -0.840. The van der Waals surface area contributed by atoms with Crippen LogP contribution in [0.3, 0.4) is 0 Å². The first-order valence-electron chi connectivity index (χ1n) is 3.73. The maximum atomic E-state index is 10.9. The Morgan fingerprint density at radius 3 is 3.00 bits per heavy atom. The van der Waals surface area contributed by atoms with E-state index in [-0.39, 0.29) is 11.8 Å². The average Bonchev–Trinajstić information content (AvgIpc) is 2.58. The molecule has 12 heavy (non-hydrogen) atoms. The van der Waals surface area contributed by atoms with Gasteiger partial charge in [0, 0.05) is 18.9 Å². The van der Waals surface area contributed by atoms with E-state index in [1.54, 1.807) is 6.20 Å². The van der Waals surface area contributed by atoms with Crippen LogP contribution in [0.25, 0.3) is 0 Å². The van der Waals surface area contributed by atoms with Crippen molar-refractivity contribution in [3.05, 3.63) is 16.4 Å². The predicted octanol–water partition coefficient (Wildman–Crippen LogP) is 0.776. The molecule has 1 aromatic rings. The zero-order valence-corrected chi connectivity index (χ0v) is 7.89. The summed E-state index contributed by atoms with van der Waals surface area (Å²) in [5, 5.41) is 9.54. The summed E-state index contributed by atoms with van der Waals surface area (Å²) in [5.74, 6) is 0.357. The fourth-order valence-electron chi connectivity index (χ4n) is 1.38. The monoisotopic (exact) mass is 229 g/mol. The molecule has 4 nitrogen and oxygen atoms in total. The number of hydrogen-bond acceptors (Lipinski definition) is 2. The molecule has 1 aliphatic heterocycles. The molecule has 1 amide bonds. The van der Waals surface area contributed by atoms with Crippen LogP contribution in [0.1, 0.15) is 18.0 Å². The molecule has 0 aromatic carbocycles. The lowest BCUT2D eigenvalue weighted by Crippen LogP contribution is -2.13. The van der Waals surface area contributed by atoms with E-state index in [2.05, 4.69) is 31.4 Å². The molecule has 2 rings (SSSR count). The van der Waals surface area contributed by atoms with Crippen molar-refractivity contribution < 1.29 is 4.79 Å². The highest BCUT2D eigenvalue weighted by molar-refractivity contribution is 9.10. The number of hydrogen-bond donors (Lipinski definition) is 2. The number of amides is 1. The summed E-state index contributed by atoms with van der Waals surface area (Å²) in [7, 11) is 0. The molecule has 0 spiro atoms. The van der Waals surface area contributed by atoms with Crippen LogP contribution >= 0.6 is 15.9 Å². The van der Waals surface area contributed by atoms with Gasteiger partial charge in [0.15, 0.2) is 0 Å². The van der Waals surface area contributed by atoms with Crippen LogP contribution in [-0.4, -0.2) is 22.6 Å². The number of aromatic nitrogens is 2. The van der Waals surface area contributed by atoms with Crippen LogP contribution in [0.5, 0.6) is 0 Å². The third-order valence-corrected chi connectivity index (χ3v) is 2.64. The molecule has 64 valence electrons. The maximum Gasteiger partial charge on any atom is 0.220 e. The normalized spacial score (nSPS) is 22.8. The first-order valence-corrected chi connectivity index (χ1v) is 4.52. The number of carbonyl (C=O) groups excluding carboxylic acids is 1. The Morgan fingerprint density at radius 2 is 2.50 bits per heavy atom. The molecule has 1 aliphatic rings. The lowest BCUT2D eigenvalue weighted by Gasteiger charge is -2.03. The van der Waals surface area contributed by atoms with Crippen LogP contribution in [0.15, 0.2) is 10.7 Å². The Kier molecular flexibility index (Phi) is 1.88. The molecular formula is C7H8BrN3O. The zero-order chi connectivity index (χ0) is 8.55. The fourth-order valence-corrected chi connectivity index (χ4v) is 1.89. The number of carbonyl (C=O) groups is 1. The average molecular weight is 230 g/mol. The van der Waals surface area contributed by atoms with Gasteiger partial charge in [0.05, 0.1) is 16.4 Å². The van der Waals surface area contributed by atoms with Crippen molar-refractivity contribution in [3.63, 3.8) is 0 Å². The summed E-state index contributed by atoms with van der Waals surface area (Å²) in [6.07, 6.45) is 2.26. The molecule has 2 heterocycles. The van der Waals surface area contributed by atoms with E-state index < -0.39 is 0 Å². The van der Waals surface area contributed by atoms with Crippen molar-refractivity contribution >= 4 is 21.8 Å². The van der Waals surface area contributed by atoms with Crippen molar-refractivity contribution in [3.8, 4) is 0 Å². The van der Waals surface area contributed by atoms with E-state index in [4.69, 9.17) is 0 Å². The van der Waals surface area contributed by atoms with Crippen LogP contribution in [-0.2, 0) is 4.79 Å². The highest BCUT2D eigenvalue weighted by Crippen LogP contribution is 2.26. The number of nitrogens with zero attached hydrogens (tertiary/aromatic N) is 1. The number of halogens is 1. The summed E-state index contributed by atoms with van der Waals surface area (Å²) in [6.45, 7) is 0.708. The predicted molar refractivity (Wildman–Crippen MR) is 46.7 cm³/mol.